The topological polar surface area (TPSA) is 32.8 Å². The molecule has 0 spiro atoms. The molecule has 4 nitrogen and oxygen atoms in total. The van der Waals surface area contributed by atoms with Gasteiger partial charge in [-0.2, -0.15) is 0 Å². The first kappa shape index (κ1) is 11.9. The van der Waals surface area contributed by atoms with Gasteiger partial charge in [0.2, 0.25) is 5.91 Å². The second-order valence-corrected chi connectivity index (χ2v) is 5.05. The monoisotopic (exact) mass is 226 g/mol. The maximum Gasteiger partial charge on any atom is 0.223 e. The Morgan fingerprint density at radius 1 is 1.25 bits per heavy atom. The lowest BCUT2D eigenvalue weighted by Crippen LogP contribution is -2.51. The quantitative estimate of drug-likeness (QED) is 0.706. The first-order valence-corrected chi connectivity index (χ1v) is 6.31. The molecular weight excluding hydrogens is 204 g/mol. The summed E-state index contributed by atoms with van der Waals surface area (Å²) in [6.45, 7) is 7.79. The Hall–Kier alpha value is -0.610. The van der Waals surface area contributed by atoms with Gasteiger partial charge in [-0.1, -0.05) is 0 Å². The molecule has 16 heavy (non-hydrogen) atoms. The van der Waals surface area contributed by atoms with Gasteiger partial charge in [-0.15, -0.1) is 0 Å². The molecule has 0 radical (unpaired) electrons. The number of morpholine rings is 1. The van der Waals surface area contributed by atoms with Crippen LogP contribution >= 0.6 is 0 Å². The number of likely N-dealkylation sites (tertiary alicyclic amines) is 1. The first-order valence-electron chi connectivity index (χ1n) is 6.31. The van der Waals surface area contributed by atoms with Crippen LogP contribution < -0.4 is 0 Å². The van der Waals surface area contributed by atoms with E-state index in [-0.39, 0.29) is 12.2 Å². The molecule has 2 fully saturated rings. The van der Waals surface area contributed by atoms with Crippen LogP contribution in [0.25, 0.3) is 0 Å². The number of ether oxygens (including phenoxy) is 1. The van der Waals surface area contributed by atoms with Gasteiger partial charge in [-0.25, -0.2) is 0 Å². The summed E-state index contributed by atoms with van der Waals surface area (Å²) in [5.41, 5.74) is 0. The number of rotatable bonds is 2. The summed E-state index contributed by atoms with van der Waals surface area (Å²) in [4.78, 5) is 16.0. The average Bonchev–Trinajstić information content (AvgIpc) is 2.20. The molecule has 0 aromatic carbocycles. The number of amides is 1. The third-order valence-electron chi connectivity index (χ3n) is 3.29. The first-order chi connectivity index (χ1) is 7.65. The number of hydrogen-bond donors (Lipinski definition) is 0. The molecule has 2 aliphatic heterocycles. The summed E-state index contributed by atoms with van der Waals surface area (Å²) in [6, 6.07) is 0. The van der Waals surface area contributed by atoms with Crippen LogP contribution in [0.2, 0.25) is 0 Å². The zero-order valence-electron chi connectivity index (χ0n) is 10.3. The Morgan fingerprint density at radius 2 is 1.94 bits per heavy atom. The number of carbonyl (C=O) groups excluding carboxylic acids is 1. The van der Waals surface area contributed by atoms with E-state index in [4.69, 9.17) is 4.74 Å². The van der Waals surface area contributed by atoms with E-state index >= 15 is 0 Å². The Morgan fingerprint density at radius 3 is 2.56 bits per heavy atom. The van der Waals surface area contributed by atoms with Gasteiger partial charge in [0.1, 0.15) is 0 Å². The van der Waals surface area contributed by atoms with Gasteiger partial charge >= 0.3 is 0 Å². The number of piperidine rings is 1. The Bertz CT molecular complexity index is 247. The molecule has 0 aromatic heterocycles. The highest BCUT2D eigenvalue weighted by Crippen LogP contribution is 2.15. The molecule has 1 amide bonds. The minimum Gasteiger partial charge on any atom is -0.373 e. The van der Waals surface area contributed by atoms with Gasteiger partial charge in [-0.05, 0) is 26.7 Å². The van der Waals surface area contributed by atoms with Crippen molar-refractivity contribution in [2.24, 2.45) is 0 Å². The molecule has 0 N–H and O–H groups in total. The molecule has 92 valence electrons. The molecule has 0 aliphatic carbocycles. The predicted molar refractivity (Wildman–Crippen MR) is 62.0 cm³/mol. The molecular formula is C12H22N2O2. The highest BCUT2D eigenvalue weighted by Gasteiger charge is 2.26. The Kier molecular flexibility index (Phi) is 3.82. The van der Waals surface area contributed by atoms with E-state index in [1.54, 1.807) is 0 Å². The minimum atomic E-state index is 0.281. The lowest BCUT2D eigenvalue weighted by Gasteiger charge is -2.39. The van der Waals surface area contributed by atoms with Crippen LogP contribution in [0, 0.1) is 0 Å². The van der Waals surface area contributed by atoms with Gasteiger partial charge in [0, 0.05) is 26.1 Å². The summed E-state index contributed by atoms with van der Waals surface area (Å²) < 4.78 is 5.69. The van der Waals surface area contributed by atoms with Gasteiger partial charge < -0.3 is 9.64 Å². The molecule has 0 aromatic rings. The van der Waals surface area contributed by atoms with E-state index in [1.807, 2.05) is 4.90 Å². The summed E-state index contributed by atoms with van der Waals surface area (Å²) in [5.74, 6) is 0.318. The van der Waals surface area contributed by atoms with Gasteiger partial charge in [0.25, 0.3) is 0 Å². The van der Waals surface area contributed by atoms with Crippen molar-refractivity contribution in [2.75, 3.05) is 26.3 Å². The fourth-order valence-corrected chi connectivity index (χ4v) is 2.65. The van der Waals surface area contributed by atoms with Crippen molar-refractivity contribution in [3.63, 3.8) is 0 Å². The van der Waals surface area contributed by atoms with Crippen LogP contribution in [-0.4, -0.2) is 54.2 Å². The summed E-state index contributed by atoms with van der Waals surface area (Å²) in [6.07, 6.45) is 3.51. The van der Waals surface area contributed by atoms with Crippen LogP contribution in [0.4, 0.5) is 0 Å². The SMILES string of the molecule is C[C@@H]1CN(CN2CCCCC2=O)C[C@H](C)O1. The van der Waals surface area contributed by atoms with E-state index in [1.165, 1.54) is 0 Å². The maximum absolute atomic E-state index is 11.7. The van der Waals surface area contributed by atoms with E-state index < -0.39 is 0 Å². The molecule has 2 aliphatic rings. The van der Waals surface area contributed by atoms with Crippen LogP contribution in [-0.2, 0) is 9.53 Å². The van der Waals surface area contributed by atoms with E-state index in [0.717, 1.165) is 45.6 Å². The Labute approximate surface area is 97.5 Å². The largest absolute Gasteiger partial charge is 0.373 e. The van der Waals surface area contributed by atoms with E-state index in [0.29, 0.717) is 5.91 Å². The van der Waals surface area contributed by atoms with Crippen LogP contribution in [0.1, 0.15) is 33.1 Å². The second-order valence-electron chi connectivity index (χ2n) is 5.05. The number of nitrogens with zero attached hydrogens (tertiary/aromatic N) is 2. The van der Waals surface area contributed by atoms with Crippen molar-refractivity contribution < 1.29 is 9.53 Å². The average molecular weight is 226 g/mol. The van der Waals surface area contributed by atoms with Gasteiger partial charge in [-0.3, -0.25) is 9.69 Å². The Balaban J connectivity index is 1.85. The standard InChI is InChI=1S/C12H22N2O2/c1-10-7-13(8-11(2)16-10)9-14-6-4-3-5-12(14)15/h10-11H,3-9H2,1-2H3/t10-,11+. The fourth-order valence-electron chi connectivity index (χ4n) is 2.65. The second kappa shape index (κ2) is 5.15. The molecule has 0 bridgehead atoms. The lowest BCUT2D eigenvalue weighted by molar-refractivity contribution is -0.139. The molecule has 0 saturated carbocycles. The van der Waals surface area contributed by atoms with Gasteiger partial charge in [0.15, 0.2) is 0 Å². The van der Waals surface area contributed by atoms with Crippen molar-refractivity contribution in [3.8, 4) is 0 Å². The maximum atomic E-state index is 11.7. The zero-order chi connectivity index (χ0) is 11.5. The molecule has 2 rings (SSSR count). The highest BCUT2D eigenvalue weighted by atomic mass is 16.5. The lowest BCUT2D eigenvalue weighted by atomic mass is 10.1. The van der Waals surface area contributed by atoms with Crippen molar-refractivity contribution in [1.29, 1.82) is 0 Å². The fraction of sp³-hybridized carbons (Fsp3) is 0.917. The number of hydrogen-bond acceptors (Lipinski definition) is 3. The molecule has 4 heteroatoms. The van der Waals surface area contributed by atoms with Crippen molar-refractivity contribution in [2.45, 2.75) is 45.3 Å². The van der Waals surface area contributed by atoms with Crippen molar-refractivity contribution in [3.05, 3.63) is 0 Å². The van der Waals surface area contributed by atoms with E-state index in [9.17, 15) is 4.79 Å². The third kappa shape index (κ3) is 2.95. The van der Waals surface area contributed by atoms with Crippen LogP contribution in [0.5, 0.6) is 0 Å². The summed E-state index contributed by atoms with van der Waals surface area (Å²) in [5, 5.41) is 0. The van der Waals surface area contributed by atoms with Gasteiger partial charge in [0.05, 0.1) is 18.9 Å². The highest BCUT2D eigenvalue weighted by molar-refractivity contribution is 5.76. The third-order valence-corrected chi connectivity index (χ3v) is 3.29. The number of carbonyl (C=O) groups is 1. The van der Waals surface area contributed by atoms with E-state index in [2.05, 4.69) is 18.7 Å². The summed E-state index contributed by atoms with van der Waals surface area (Å²) in [7, 11) is 0. The smallest absolute Gasteiger partial charge is 0.223 e. The van der Waals surface area contributed by atoms with Crippen LogP contribution in [0.15, 0.2) is 0 Å². The van der Waals surface area contributed by atoms with Crippen molar-refractivity contribution in [1.82, 2.24) is 9.80 Å². The van der Waals surface area contributed by atoms with Crippen molar-refractivity contribution >= 4 is 5.91 Å². The minimum absolute atomic E-state index is 0.281. The molecule has 2 heterocycles. The molecule has 2 atom stereocenters. The molecule has 0 unspecified atom stereocenters. The zero-order valence-corrected chi connectivity index (χ0v) is 10.3. The molecule has 2 saturated heterocycles. The van der Waals surface area contributed by atoms with Crippen LogP contribution in [0.3, 0.4) is 0 Å². The predicted octanol–water partition coefficient (Wildman–Crippen LogP) is 1.07. The summed E-state index contributed by atoms with van der Waals surface area (Å²) >= 11 is 0. The normalized spacial score (nSPS) is 33.1.